The average Bonchev–Trinajstić information content (AvgIpc) is 3.04. The molecule has 42 heavy (non-hydrogen) atoms. The van der Waals surface area contributed by atoms with E-state index in [0.717, 1.165) is 4.47 Å². The zero-order chi connectivity index (χ0) is 28.3. The largest absolute Gasteiger partial charge is 0.247 e. The van der Waals surface area contributed by atoms with Crippen LogP contribution in [-0.4, -0.2) is 6.71 Å². The van der Waals surface area contributed by atoms with E-state index < -0.39 is 0 Å². The van der Waals surface area contributed by atoms with Crippen molar-refractivity contribution in [1.29, 1.82) is 0 Å². The SMILES string of the molecule is Brc1c(Sc2ccccc2)cccc1Sc1ccccc1.c1ccc2c(c1)Sc1cccc3c1B2c1ccccc1S3. The molecule has 0 fully saturated rings. The normalized spacial score (nSPS) is 12.4. The monoisotopic (exact) mass is 674 g/mol. The van der Waals surface area contributed by atoms with Crippen molar-refractivity contribution in [3.8, 4) is 0 Å². The van der Waals surface area contributed by atoms with Gasteiger partial charge in [-0.2, -0.15) is 0 Å². The van der Waals surface area contributed by atoms with Gasteiger partial charge in [-0.05, 0) is 82.1 Å². The van der Waals surface area contributed by atoms with Crippen LogP contribution >= 0.6 is 63.0 Å². The van der Waals surface area contributed by atoms with E-state index in [1.165, 1.54) is 55.6 Å². The third kappa shape index (κ3) is 5.88. The van der Waals surface area contributed by atoms with E-state index in [4.69, 9.17) is 0 Å². The maximum Gasteiger partial charge on any atom is 0.247 e. The van der Waals surface area contributed by atoms with Crippen LogP contribution in [0.2, 0.25) is 0 Å². The smallest absolute Gasteiger partial charge is 0.0911 e. The van der Waals surface area contributed by atoms with Crippen LogP contribution in [-0.2, 0) is 0 Å². The Balaban J connectivity index is 0.000000137. The quantitative estimate of drug-likeness (QED) is 0.170. The van der Waals surface area contributed by atoms with Crippen LogP contribution in [0.1, 0.15) is 0 Å². The topological polar surface area (TPSA) is 0 Å². The maximum atomic E-state index is 3.75. The lowest BCUT2D eigenvalue weighted by Gasteiger charge is -2.32. The molecule has 0 bridgehead atoms. The van der Waals surface area contributed by atoms with Crippen molar-refractivity contribution in [3.05, 3.63) is 150 Å². The second-order valence-electron chi connectivity index (χ2n) is 9.78. The van der Waals surface area contributed by atoms with Crippen LogP contribution in [0.4, 0.5) is 0 Å². The van der Waals surface area contributed by atoms with E-state index in [-0.39, 0.29) is 0 Å². The highest BCUT2D eigenvalue weighted by Crippen LogP contribution is 2.41. The van der Waals surface area contributed by atoms with Crippen molar-refractivity contribution in [3.63, 3.8) is 0 Å². The van der Waals surface area contributed by atoms with Crippen LogP contribution in [0.15, 0.2) is 189 Å². The second kappa shape index (κ2) is 12.9. The van der Waals surface area contributed by atoms with Crippen LogP contribution < -0.4 is 16.4 Å². The zero-order valence-electron chi connectivity index (χ0n) is 22.4. The summed E-state index contributed by atoms with van der Waals surface area (Å²) in [5.74, 6) is 0. The summed E-state index contributed by atoms with van der Waals surface area (Å²) in [5.41, 5.74) is 4.41. The molecule has 0 N–H and O–H groups in total. The minimum atomic E-state index is 0.395. The van der Waals surface area contributed by atoms with Gasteiger partial charge in [0.15, 0.2) is 0 Å². The van der Waals surface area contributed by atoms with Crippen molar-refractivity contribution in [2.75, 3.05) is 0 Å². The highest BCUT2D eigenvalue weighted by atomic mass is 79.9. The molecule has 8 rings (SSSR count). The Bertz CT molecular complexity index is 1730. The summed E-state index contributed by atoms with van der Waals surface area (Å²) >= 11 is 11.1. The lowest BCUT2D eigenvalue weighted by Crippen LogP contribution is -2.57. The van der Waals surface area contributed by atoms with E-state index in [9.17, 15) is 0 Å². The Morgan fingerprint density at radius 1 is 0.429 bits per heavy atom. The molecule has 0 aromatic heterocycles. The highest BCUT2D eigenvalue weighted by molar-refractivity contribution is 9.10. The van der Waals surface area contributed by atoms with Gasteiger partial charge in [-0.1, -0.05) is 143 Å². The van der Waals surface area contributed by atoms with E-state index in [1.807, 2.05) is 35.7 Å². The van der Waals surface area contributed by atoms with E-state index in [2.05, 4.69) is 149 Å². The fourth-order valence-corrected chi connectivity index (χ4v) is 10.2. The van der Waals surface area contributed by atoms with Gasteiger partial charge in [0.2, 0.25) is 6.71 Å². The Labute approximate surface area is 273 Å². The molecule has 6 aromatic rings. The molecule has 0 unspecified atom stereocenters. The molecule has 0 spiro atoms. The Morgan fingerprint density at radius 3 is 1.33 bits per heavy atom. The average molecular weight is 676 g/mol. The zero-order valence-corrected chi connectivity index (χ0v) is 27.3. The molecule has 0 saturated carbocycles. The Morgan fingerprint density at radius 2 is 0.833 bits per heavy atom. The van der Waals surface area contributed by atoms with Crippen LogP contribution in [0.5, 0.6) is 0 Å². The van der Waals surface area contributed by atoms with Crippen molar-refractivity contribution >= 4 is 86.1 Å². The molecule has 0 amide bonds. The van der Waals surface area contributed by atoms with Crippen molar-refractivity contribution in [2.45, 2.75) is 39.2 Å². The molecule has 0 aliphatic carbocycles. The van der Waals surface area contributed by atoms with Gasteiger partial charge < -0.3 is 0 Å². The predicted octanol–water partition coefficient (Wildman–Crippen LogP) is 9.88. The summed E-state index contributed by atoms with van der Waals surface area (Å²) in [5, 5.41) is 0. The third-order valence-corrected chi connectivity index (χ3v) is 12.9. The molecule has 2 heterocycles. The van der Waals surface area contributed by atoms with Crippen molar-refractivity contribution < 1.29 is 0 Å². The van der Waals surface area contributed by atoms with Gasteiger partial charge in [-0.25, -0.2) is 0 Å². The molecule has 0 radical (unpaired) electrons. The molecule has 0 atom stereocenters. The standard InChI is InChI=1S/C18H11BS2.C18H13BrS2/c1-3-8-14-12(6-1)19-13-7-2-4-9-15(13)21-17-11-5-10-16(20-14)18(17)19;19-18-16(20-14-8-3-1-4-9-14)12-7-13-17(18)21-15-10-5-2-6-11-15/h1-11H;1-13H. The molecule has 202 valence electrons. The van der Waals surface area contributed by atoms with Gasteiger partial charge >= 0.3 is 0 Å². The first-order chi connectivity index (χ1) is 20.7. The van der Waals surface area contributed by atoms with Crippen LogP contribution in [0, 0.1) is 0 Å². The van der Waals surface area contributed by atoms with Gasteiger partial charge in [0, 0.05) is 43.6 Å². The molecule has 2 aliphatic heterocycles. The fourth-order valence-electron chi connectivity index (χ4n) is 5.21. The minimum absolute atomic E-state index is 0.395. The second-order valence-corrected chi connectivity index (χ2v) is 15.0. The molecule has 0 nitrogen and oxygen atoms in total. The van der Waals surface area contributed by atoms with E-state index in [1.54, 1.807) is 23.5 Å². The fraction of sp³-hybridized carbons (Fsp3) is 0. The minimum Gasteiger partial charge on any atom is -0.0911 e. The third-order valence-electron chi connectivity index (χ3n) is 7.08. The summed E-state index contributed by atoms with van der Waals surface area (Å²) < 4.78 is 1.16. The number of benzene rings is 6. The van der Waals surface area contributed by atoms with E-state index >= 15 is 0 Å². The summed E-state index contributed by atoms with van der Waals surface area (Å²) in [6.45, 7) is 0.395. The van der Waals surface area contributed by atoms with Crippen molar-refractivity contribution in [2.24, 2.45) is 0 Å². The van der Waals surface area contributed by atoms with Gasteiger partial charge in [0.05, 0.1) is 0 Å². The number of hydrogen-bond acceptors (Lipinski definition) is 4. The molecular weight excluding hydrogens is 651 g/mol. The van der Waals surface area contributed by atoms with Crippen LogP contribution in [0.25, 0.3) is 0 Å². The lowest BCUT2D eigenvalue weighted by atomic mass is 9.36. The van der Waals surface area contributed by atoms with E-state index in [0.29, 0.717) is 6.71 Å². The first-order valence-corrected chi connectivity index (χ1v) is 17.7. The van der Waals surface area contributed by atoms with Gasteiger partial charge in [0.25, 0.3) is 0 Å². The van der Waals surface area contributed by atoms with Gasteiger partial charge in [-0.3, -0.25) is 0 Å². The molecule has 6 heteroatoms. The summed E-state index contributed by atoms with van der Waals surface area (Å²) in [4.78, 5) is 10.6. The highest BCUT2D eigenvalue weighted by Gasteiger charge is 2.37. The van der Waals surface area contributed by atoms with Crippen LogP contribution in [0.3, 0.4) is 0 Å². The lowest BCUT2D eigenvalue weighted by molar-refractivity contribution is 1.26. The number of fused-ring (bicyclic) bond motifs is 4. The summed E-state index contributed by atoms with van der Waals surface area (Å²) in [7, 11) is 0. The molecular formula is C36H24BBrS4. The number of rotatable bonds is 4. The summed E-state index contributed by atoms with van der Waals surface area (Å²) in [6, 6.07) is 51.7. The maximum absolute atomic E-state index is 3.75. The Hall–Kier alpha value is -2.74. The Kier molecular flexibility index (Phi) is 8.60. The molecule has 6 aromatic carbocycles. The first-order valence-electron chi connectivity index (χ1n) is 13.7. The number of halogens is 1. The van der Waals surface area contributed by atoms with Gasteiger partial charge in [0.1, 0.15) is 0 Å². The summed E-state index contributed by atoms with van der Waals surface area (Å²) in [6.07, 6.45) is 0. The van der Waals surface area contributed by atoms with Crippen molar-refractivity contribution in [1.82, 2.24) is 0 Å². The van der Waals surface area contributed by atoms with Gasteiger partial charge in [-0.15, -0.1) is 0 Å². The number of hydrogen-bond donors (Lipinski definition) is 0. The molecule has 2 aliphatic rings. The molecule has 0 saturated heterocycles. The predicted molar refractivity (Wildman–Crippen MR) is 187 cm³/mol. The first kappa shape index (κ1) is 28.1.